The lowest BCUT2D eigenvalue weighted by Gasteiger charge is -2.39. The predicted molar refractivity (Wildman–Crippen MR) is 161 cm³/mol. The van der Waals surface area contributed by atoms with Gasteiger partial charge in [0.05, 0.1) is 42.9 Å². The van der Waals surface area contributed by atoms with Crippen LogP contribution >= 0.6 is 27.7 Å². The van der Waals surface area contributed by atoms with Gasteiger partial charge in [-0.2, -0.15) is 0 Å². The van der Waals surface area contributed by atoms with Crippen LogP contribution in [-0.4, -0.2) is 81.6 Å². The molecule has 8 nitrogen and oxygen atoms in total. The molecule has 0 radical (unpaired) electrons. The minimum atomic E-state index is -0.857. The number of rotatable bonds is 14. The van der Waals surface area contributed by atoms with Crippen molar-refractivity contribution in [2.75, 3.05) is 31.8 Å². The molecule has 40 heavy (non-hydrogen) atoms. The first-order chi connectivity index (χ1) is 19.3. The fourth-order valence-corrected chi connectivity index (χ4v) is 10.0. The van der Waals surface area contributed by atoms with Crippen molar-refractivity contribution in [3.8, 4) is 5.75 Å². The Kier molecular flexibility index (Phi) is 10.1. The molecular formula is C30H39BrN2O6S. The molecule has 0 saturated carbocycles. The number of alkyl halides is 1. The summed E-state index contributed by atoms with van der Waals surface area (Å²) in [5, 5.41) is 10.1. The summed E-state index contributed by atoms with van der Waals surface area (Å²) in [5.41, 5.74) is 0.651. The number of aliphatic hydroxyl groups excluding tert-OH is 1. The molecule has 218 valence electrons. The first-order valence-electron chi connectivity index (χ1n) is 13.9. The minimum Gasteiger partial charge on any atom is -0.497 e. The van der Waals surface area contributed by atoms with Gasteiger partial charge >= 0.3 is 5.97 Å². The van der Waals surface area contributed by atoms with E-state index in [1.165, 1.54) is 0 Å². The van der Waals surface area contributed by atoms with E-state index in [2.05, 4.69) is 29.1 Å². The maximum atomic E-state index is 14.6. The number of nitrogens with zero attached hydrogens (tertiary/aromatic N) is 2. The van der Waals surface area contributed by atoms with Crippen LogP contribution in [0.4, 0.5) is 5.69 Å². The van der Waals surface area contributed by atoms with Crippen LogP contribution in [-0.2, 0) is 19.1 Å². The van der Waals surface area contributed by atoms with Crippen LogP contribution in [0.2, 0.25) is 0 Å². The number of halogens is 1. The second-order valence-electron chi connectivity index (χ2n) is 10.5. The first-order valence-corrected chi connectivity index (χ1v) is 15.7. The molecular weight excluding hydrogens is 596 g/mol. The van der Waals surface area contributed by atoms with Gasteiger partial charge in [-0.25, -0.2) is 0 Å². The number of amides is 2. The molecule has 1 aromatic carbocycles. The molecule has 3 saturated heterocycles. The average Bonchev–Trinajstić information content (AvgIpc) is 3.55. The second kappa shape index (κ2) is 13.1. The molecule has 3 fully saturated rings. The smallest absolute Gasteiger partial charge is 0.310 e. The van der Waals surface area contributed by atoms with E-state index in [-0.39, 0.29) is 47.6 Å². The van der Waals surface area contributed by atoms with Crippen LogP contribution < -0.4 is 9.64 Å². The summed E-state index contributed by atoms with van der Waals surface area (Å²) >= 11 is 5.34. The summed E-state index contributed by atoms with van der Waals surface area (Å²) in [4.78, 5) is 45.5. The maximum absolute atomic E-state index is 14.6. The quantitative estimate of drug-likeness (QED) is 0.141. The van der Waals surface area contributed by atoms with Gasteiger partial charge in [-0.1, -0.05) is 35.0 Å². The molecule has 4 rings (SSSR count). The molecule has 1 N–H and O–H groups in total. The third kappa shape index (κ3) is 5.34. The Hall–Kier alpha value is -2.30. The summed E-state index contributed by atoms with van der Waals surface area (Å²) < 4.78 is 10.2. The van der Waals surface area contributed by atoms with Gasteiger partial charge in [-0.05, 0) is 56.4 Å². The molecule has 1 spiro atoms. The molecule has 1 aromatic rings. The van der Waals surface area contributed by atoms with Gasteiger partial charge in [0.25, 0.3) is 5.91 Å². The molecule has 2 bridgehead atoms. The van der Waals surface area contributed by atoms with E-state index in [1.807, 2.05) is 13.0 Å². The number of benzene rings is 1. The Morgan fingerprint density at radius 1 is 1.27 bits per heavy atom. The average molecular weight is 636 g/mol. The number of ether oxygens (including phenoxy) is 2. The van der Waals surface area contributed by atoms with Gasteiger partial charge in [0.1, 0.15) is 11.8 Å². The maximum Gasteiger partial charge on any atom is 0.310 e. The van der Waals surface area contributed by atoms with E-state index >= 15 is 0 Å². The lowest BCUT2D eigenvalue weighted by atomic mass is 9.71. The number of thioether (sulfide) groups is 1. The van der Waals surface area contributed by atoms with Gasteiger partial charge in [0, 0.05) is 22.3 Å². The van der Waals surface area contributed by atoms with Gasteiger partial charge in [-0.15, -0.1) is 24.9 Å². The Morgan fingerprint density at radius 2 is 2.00 bits per heavy atom. The van der Waals surface area contributed by atoms with Crippen LogP contribution in [0, 0.1) is 11.8 Å². The van der Waals surface area contributed by atoms with Crippen molar-refractivity contribution >= 4 is 51.2 Å². The van der Waals surface area contributed by atoms with Crippen LogP contribution in [0.1, 0.15) is 39.0 Å². The fourth-order valence-electron chi connectivity index (χ4n) is 6.44. The number of fused-ring (bicyclic) bond motifs is 1. The zero-order valence-electron chi connectivity index (χ0n) is 23.2. The van der Waals surface area contributed by atoms with E-state index in [1.54, 1.807) is 59.0 Å². The number of anilines is 1. The molecule has 3 heterocycles. The Labute approximate surface area is 249 Å². The molecule has 0 aromatic heterocycles. The van der Waals surface area contributed by atoms with Crippen molar-refractivity contribution in [2.24, 2.45) is 11.8 Å². The molecule has 0 aliphatic carbocycles. The molecule has 2 amide bonds. The Bertz CT molecular complexity index is 1110. The van der Waals surface area contributed by atoms with Crippen LogP contribution in [0.3, 0.4) is 0 Å². The van der Waals surface area contributed by atoms with E-state index in [0.29, 0.717) is 24.3 Å². The number of carbonyl (C=O) groups excluding carboxylic acids is 3. The monoisotopic (exact) mass is 634 g/mol. The molecule has 3 unspecified atom stereocenters. The van der Waals surface area contributed by atoms with E-state index in [9.17, 15) is 19.5 Å². The number of unbranched alkanes of at least 4 members (excludes halogenated alkanes) is 2. The highest BCUT2D eigenvalue weighted by atomic mass is 79.9. The summed E-state index contributed by atoms with van der Waals surface area (Å²) in [7, 11) is 1.58. The number of carbonyl (C=O) groups is 3. The zero-order chi connectivity index (χ0) is 29.0. The first kappa shape index (κ1) is 30.7. The summed E-state index contributed by atoms with van der Waals surface area (Å²) in [6, 6.07) is 5.77. The second-order valence-corrected chi connectivity index (χ2v) is 13.3. The van der Waals surface area contributed by atoms with Crippen molar-refractivity contribution in [1.29, 1.82) is 0 Å². The predicted octanol–water partition coefficient (Wildman–Crippen LogP) is 4.35. The number of hydrogen-bond acceptors (Lipinski definition) is 7. The van der Waals surface area contributed by atoms with Crippen LogP contribution in [0.5, 0.6) is 5.75 Å². The highest BCUT2D eigenvalue weighted by Gasteiger charge is 2.76. The lowest BCUT2D eigenvalue weighted by molar-refractivity contribution is -0.154. The minimum absolute atomic E-state index is 0.0573. The van der Waals surface area contributed by atoms with Crippen molar-refractivity contribution in [3.63, 3.8) is 0 Å². The number of aliphatic hydroxyl groups is 1. The number of hydrogen-bond donors (Lipinski definition) is 1. The zero-order valence-corrected chi connectivity index (χ0v) is 25.6. The molecule has 3 aliphatic rings. The van der Waals surface area contributed by atoms with E-state index in [4.69, 9.17) is 9.47 Å². The number of methoxy groups -OCH3 is 1. The van der Waals surface area contributed by atoms with Crippen molar-refractivity contribution < 1.29 is 29.0 Å². The van der Waals surface area contributed by atoms with E-state index < -0.39 is 28.7 Å². The summed E-state index contributed by atoms with van der Waals surface area (Å²) in [6.45, 7) is 9.72. The standard InChI is InChI=1S/C30H39BrN2O6S/c1-5-8-9-10-16-39-29(37)23-24-27(35)33(19(7-3)18-34)26(30(24)17-22(31)25(23)40-30)28(36)32(15-6-2)20-11-13-21(38-4)14-12-20/h5-6,11-14,19,22-26,34H,1-2,7-10,15-18H2,3-4H3/t19-,22?,23+,24-,25+,26?,30?/m0/s1. The van der Waals surface area contributed by atoms with Crippen molar-refractivity contribution in [1.82, 2.24) is 4.90 Å². The number of allylic oxidation sites excluding steroid dienone is 1. The lowest BCUT2D eigenvalue weighted by Crippen LogP contribution is -2.58. The van der Waals surface area contributed by atoms with Crippen molar-refractivity contribution in [3.05, 3.63) is 49.6 Å². The molecule has 3 aliphatic heterocycles. The normalized spacial score (nSPS) is 29.1. The van der Waals surface area contributed by atoms with E-state index in [0.717, 1.165) is 19.3 Å². The highest BCUT2D eigenvalue weighted by molar-refractivity contribution is 9.09. The van der Waals surface area contributed by atoms with Crippen LogP contribution in [0.25, 0.3) is 0 Å². The van der Waals surface area contributed by atoms with Gasteiger partial charge in [0.15, 0.2) is 0 Å². The fraction of sp³-hybridized carbons (Fsp3) is 0.567. The Balaban J connectivity index is 1.72. The van der Waals surface area contributed by atoms with Gasteiger partial charge in [-0.3, -0.25) is 14.4 Å². The van der Waals surface area contributed by atoms with Gasteiger partial charge in [0.2, 0.25) is 5.91 Å². The van der Waals surface area contributed by atoms with Gasteiger partial charge < -0.3 is 24.4 Å². The summed E-state index contributed by atoms with van der Waals surface area (Å²) in [6.07, 6.45) is 6.96. The van der Waals surface area contributed by atoms with Crippen LogP contribution in [0.15, 0.2) is 49.6 Å². The topological polar surface area (TPSA) is 96.4 Å². The summed E-state index contributed by atoms with van der Waals surface area (Å²) in [5.74, 6) is -1.60. The number of esters is 1. The third-order valence-electron chi connectivity index (χ3n) is 8.32. The molecule has 7 atom stereocenters. The molecule has 10 heteroatoms. The van der Waals surface area contributed by atoms with Crippen molar-refractivity contribution in [2.45, 2.75) is 65.9 Å². The highest BCUT2D eigenvalue weighted by Crippen LogP contribution is 2.68. The Morgan fingerprint density at radius 3 is 2.60 bits per heavy atom. The third-order valence-corrected chi connectivity index (χ3v) is 11.5. The largest absolute Gasteiger partial charge is 0.497 e. The SMILES string of the molecule is C=CCCCCOC(=O)[C@H]1[C@@H]2SC3(CC2Br)C(C(=O)N(CC=C)c2ccc(OC)cc2)N([C@@H](CC)CO)C(=O)[C@H]13. The number of likely N-dealkylation sites (tertiary alicyclic amines) is 1.